The zero-order valence-electron chi connectivity index (χ0n) is 13.0. The molecule has 4 heterocycles. The van der Waals surface area contributed by atoms with Crippen LogP contribution in [0.1, 0.15) is 35.6 Å². The molecule has 0 aliphatic carbocycles. The molecule has 0 fully saturated rings. The normalized spacial score (nSPS) is 15.7. The lowest BCUT2D eigenvalue weighted by molar-refractivity contribution is 0.444. The van der Waals surface area contributed by atoms with Gasteiger partial charge in [-0.05, 0) is 44.0 Å². The molecule has 0 saturated heterocycles. The average molecular weight is 329 g/mol. The van der Waals surface area contributed by atoms with E-state index in [4.69, 9.17) is 4.42 Å². The second kappa shape index (κ2) is 5.94. The summed E-state index contributed by atoms with van der Waals surface area (Å²) >= 11 is 1.64. The van der Waals surface area contributed by atoms with Crippen LogP contribution >= 0.6 is 11.3 Å². The van der Waals surface area contributed by atoms with E-state index >= 15 is 0 Å². The first-order valence-electron chi connectivity index (χ1n) is 7.98. The molecule has 1 aliphatic rings. The van der Waals surface area contributed by atoms with Gasteiger partial charge in [-0.25, -0.2) is 4.98 Å². The van der Waals surface area contributed by atoms with Gasteiger partial charge in [0.2, 0.25) is 0 Å². The summed E-state index contributed by atoms with van der Waals surface area (Å²) < 4.78 is 7.15. The van der Waals surface area contributed by atoms with Crippen LogP contribution in [0.25, 0.3) is 10.2 Å². The molecule has 3 aromatic heterocycles. The first kappa shape index (κ1) is 14.7. The molecule has 1 aliphatic heterocycles. The summed E-state index contributed by atoms with van der Waals surface area (Å²) in [6.45, 7) is 3.85. The number of fused-ring (bicyclic) bond motifs is 3. The van der Waals surface area contributed by atoms with Gasteiger partial charge in [0.15, 0.2) is 0 Å². The zero-order chi connectivity index (χ0) is 15.8. The van der Waals surface area contributed by atoms with Crippen molar-refractivity contribution < 1.29 is 4.42 Å². The van der Waals surface area contributed by atoms with Gasteiger partial charge >= 0.3 is 0 Å². The first-order chi connectivity index (χ1) is 11.2. The third-order valence-electron chi connectivity index (χ3n) is 4.52. The number of rotatable bonds is 4. The first-order valence-corrected chi connectivity index (χ1v) is 8.80. The van der Waals surface area contributed by atoms with Crippen LogP contribution in [0.3, 0.4) is 0 Å². The number of hydrogen-bond acceptors (Lipinski definition) is 5. The van der Waals surface area contributed by atoms with Crippen molar-refractivity contribution in [1.82, 2.24) is 14.9 Å². The summed E-state index contributed by atoms with van der Waals surface area (Å²) in [4.78, 5) is 19.6. The summed E-state index contributed by atoms with van der Waals surface area (Å²) in [6, 6.07) is 3.96. The molecule has 4 rings (SSSR count). The summed E-state index contributed by atoms with van der Waals surface area (Å²) in [7, 11) is 0. The predicted molar refractivity (Wildman–Crippen MR) is 91.0 cm³/mol. The van der Waals surface area contributed by atoms with Crippen molar-refractivity contribution in [2.45, 2.75) is 38.8 Å². The number of nitrogens with zero attached hydrogens (tertiary/aromatic N) is 2. The monoisotopic (exact) mass is 329 g/mol. The molecule has 0 aromatic carbocycles. The van der Waals surface area contributed by atoms with Gasteiger partial charge in [-0.3, -0.25) is 9.36 Å². The van der Waals surface area contributed by atoms with E-state index in [9.17, 15) is 4.79 Å². The Morgan fingerprint density at radius 3 is 3.26 bits per heavy atom. The van der Waals surface area contributed by atoms with Crippen molar-refractivity contribution in [3.63, 3.8) is 0 Å². The van der Waals surface area contributed by atoms with E-state index < -0.39 is 0 Å². The number of nitrogens with one attached hydrogen (secondary N) is 1. The minimum atomic E-state index is 0.0985. The minimum absolute atomic E-state index is 0.0985. The van der Waals surface area contributed by atoms with Crippen molar-refractivity contribution in [3.05, 3.63) is 51.3 Å². The van der Waals surface area contributed by atoms with E-state index in [-0.39, 0.29) is 11.6 Å². The smallest absolute Gasteiger partial charge is 0.262 e. The maximum atomic E-state index is 13.0. The average Bonchev–Trinajstić information content (AvgIpc) is 3.20. The molecule has 5 nitrogen and oxygen atoms in total. The van der Waals surface area contributed by atoms with Gasteiger partial charge in [-0.1, -0.05) is 0 Å². The van der Waals surface area contributed by atoms with E-state index in [0.29, 0.717) is 0 Å². The molecule has 0 unspecified atom stereocenters. The third-order valence-corrected chi connectivity index (χ3v) is 5.66. The van der Waals surface area contributed by atoms with Crippen molar-refractivity contribution in [2.24, 2.45) is 0 Å². The summed E-state index contributed by atoms with van der Waals surface area (Å²) in [6.07, 6.45) is 5.98. The highest BCUT2D eigenvalue weighted by atomic mass is 32.1. The molecule has 1 N–H and O–H groups in total. The fourth-order valence-corrected chi connectivity index (χ4v) is 4.33. The maximum Gasteiger partial charge on any atom is 0.262 e. The lowest BCUT2D eigenvalue weighted by atomic mass is 10.1. The van der Waals surface area contributed by atoms with Gasteiger partial charge in [0.25, 0.3) is 5.56 Å². The van der Waals surface area contributed by atoms with Crippen LogP contribution in [0.5, 0.6) is 0 Å². The van der Waals surface area contributed by atoms with Crippen LogP contribution in [-0.4, -0.2) is 16.1 Å². The SMILES string of the molecule is C[C@@H](CCc1ccco1)n1cnc2sc3c(c2c1=O)CCNC3. The van der Waals surface area contributed by atoms with Crippen LogP contribution < -0.4 is 10.9 Å². The van der Waals surface area contributed by atoms with Crippen LogP contribution in [-0.2, 0) is 19.4 Å². The molecular weight excluding hydrogens is 310 g/mol. The number of aryl methyl sites for hydroxylation is 1. The second-order valence-electron chi connectivity index (χ2n) is 6.03. The number of hydrogen-bond donors (Lipinski definition) is 1. The molecule has 1 atom stereocenters. The minimum Gasteiger partial charge on any atom is -0.469 e. The lowest BCUT2D eigenvalue weighted by Crippen LogP contribution is -2.26. The molecule has 0 radical (unpaired) electrons. The predicted octanol–water partition coefficient (Wildman–Crippen LogP) is 2.89. The molecule has 0 bridgehead atoms. The van der Waals surface area contributed by atoms with Crippen LogP contribution in [0.4, 0.5) is 0 Å². The Morgan fingerprint density at radius 2 is 2.43 bits per heavy atom. The molecule has 0 saturated carbocycles. The standard InChI is InChI=1S/C17H19N3O2S/c1-11(4-5-12-3-2-8-22-12)20-10-19-16-15(17(20)21)13-6-7-18-9-14(13)23-16/h2-3,8,10-11,18H,4-7,9H2,1H3/t11-/m0/s1. The molecular formula is C17H19N3O2S. The lowest BCUT2D eigenvalue weighted by Gasteiger charge is -2.15. The highest BCUT2D eigenvalue weighted by Crippen LogP contribution is 2.30. The molecule has 120 valence electrons. The zero-order valence-corrected chi connectivity index (χ0v) is 13.9. The van der Waals surface area contributed by atoms with E-state index in [2.05, 4.69) is 17.2 Å². The van der Waals surface area contributed by atoms with Crippen molar-refractivity contribution in [3.8, 4) is 0 Å². The highest BCUT2D eigenvalue weighted by Gasteiger charge is 2.20. The van der Waals surface area contributed by atoms with Crippen molar-refractivity contribution in [1.29, 1.82) is 0 Å². The molecule has 0 spiro atoms. The number of furan rings is 1. The molecule has 0 amide bonds. The molecule has 3 aromatic rings. The van der Waals surface area contributed by atoms with Crippen molar-refractivity contribution >= 4 is 21.6 Å². The Balaban J connectivity index is 1.67. The summed E-state index contributed by atoms with van der Waals surface area (Å²) in [5.74, 6) is 0.956. The van der Waals surface area contributed by atoms with Gasteiger partial charge in [-0.15, -0.1) is 11.3 Å². The van der Waals surface area contributed by atoms with Gasteiger partial charge in [0, 0.05) is 23.9 Å². The van der Waals surface area contributed by atoms with E-state index in [1.54, 1.807) is 28.5 Å². The molecule has 6 heteroatoms. The largest absolute Gasteiger partial charge is 0.469 e. The van der Waals surface area contributed by atoms with Crippen LogP contribution in [0, 0.1) is 0 Å². The second-order valence-corrected chi connectivity index (χ2v) is 7.12. The van der Waals surface area contributed by atoms with Gasteiger partial charge < -0.3 is 9.73 Å². The Morgan fingerprint density at radius 1 is 1.52 bits per heavy atom. The quantitative estimate of drug-likeness (QED) is 0.799. The van der Waals surface area contributed by atoms with E-state index in [0.717, 1.165) is 48.3 Å². The van der Waals surface area contributed by atoms with Crippen molar-refractivity contribution in [2.75, 3.05) is 6.54 Å². The molecule has 23 heavy (non-hydrogen) atoms. The van der Waals surface area contributed by atoms with Crippen LogP contribution in [0.15, 0.2) is 33.9 Å². The topological polar surface area (TPSA) is 60.1 Å². The highest BCUT2D eigenvalue weighted by molar-refractivity contribution is 7.18. The Labute approximate surface area is 138 Å². The summed E-state index contributed by atoms with van der Waals surface area (Å²) in [5, 5.41) is 4.19. The summed E-state index contributed by atoms with van der Waals surface area (Å²) in [5.41, 5.74) is 1.30. The van der Waals surface area contributed by atoms with Gasteiger partial charge in [-0.2, -0.15) is 0 Å². The number of aromatic nitrogens is 2. The van der Waals surface area contributed by atoms with E-state index in [1.165, 1.54) is 10.4 Å². The van der Waals surface area contributed by atoms with Gasteiger partial charge in [0.1, 0.15) is 10.6 Å². The Bertz CT molecular complexity index is 879. The Hall–Kier alpha value is -1.92. The maximum absolute atomic E-state index is 13.0. The fourth-order valence-electron chi connectivity index (χ4n) is 3.19. The third kappa shape index (κ3) is 2.62. The number of thiophene rings is 1. The fraction of sp³-hybridized carbons (Fsp3) is 0.412. The van der Waals surface area contributed by atoms with Crippen LogP contribution in [0.2, 0.25) is 0 Å². The Kier molecular flexibility index (Phi) is 3.79. The van der Waals surface area contributed by atoms with Gasteiger partial charge in [0.05, 0.1) is 18.0 Å². The van der Waals surface area contributed by atoms with E-state index in [1.807, 2.05) is 12.1 Å².